The van der Waals surface area contributed by atoms with E-state index in [1.807, 2.05) is 64.4 Å². The molecule has 0 N–H and O–H groups in total. The molecular formula is C29H32FN3O2. The van der Waals surface area contributed by atoms with Gasteiger partial charge in [-0.05, 0) is 42.2 Å². The maximum Gasteiger partial charge on any atom is 0.254 e. The summed E-state index contributed by atoms with van der Waals surface area (Å²) in [5.41, 5.74) is 1.44. The molecule has 0 bridgehead atoms. The normalized spacial score (nSPS) is 18.0. The number of benzene rings is 3. The minimum absolute atomic E-state index is 0.0373. The Bertz CT molecular complexity index is 1200. The van der Waals surface area contributed by atoms with Crippen LogP contribution in [0.2, 0.25) is 0 Å². The summed E-state index contributed by atoms with van der Waals surface area (Å²) in [6.07, 6.45) is 2.29. The lowest BCUT2D eigenvalue weighted by molar-refractivity contribution is -0.136. The zero-order chi connectivity index (χ0) is 24.2. The van der Waals surface area contributed by atoms with Crippen LogP contribution in [0, 0.1) is 11.7 Å². The third-order valence-corrected chi connectivity index (χ3v) is 7.40. The summed E-state index contributed by atoms with van der Waals surface area (Å²) < 4.78 is 14.0. The SMILES string of the molecule is O=C(c1cccc2ccccc12)N1CCC(C(=O)N2CCCN(Cc3ccccc3F)CC2)CC1. The first-order valence-corrected chi connectivity index (χ1v) is 12.6. The Balaban J connectivity index is 1.16. The minimum atomic E-state index is -0.172. The molecule has 35 heavy (non-hydrogen) atoms. The molecule has 6 heteroatoms. The summed E-state index contributed by atoms with van der Waals surface area (Å²) in [7, 11) is 0. The van der Waals surface area contributed by atoms with E-state index in [2.05, 4.69) is 4.90 Å². The van der Waals surface area contributed by atoms with E-state index in [9.17, 15) is 14.0 Å². The Morgan fingerprint density at radius 1 is 0.771 bits per heavy atom. The van der Waals surface area contributed by atoms with Crippen LogP contribution in [-0.2, 0) is 11.3 Å². The fraction of sp³-hybridized carbons (Fsp3) is 0.379. The Morgan fingerprint density at radius 2 is 1.51 bits per heavy atom. The lowest BCUT2D eigenvalue weighted by atomic mass is 9.94. The number of carbonyl (C=O) groups excluding carboxylic acids is 2. The summed E-state index contributed by atoms with van der Waals surface area (Å²) in [4.78, 5) is 32.6. The van der Waals surface area contributed by atoms with Crippen molar-refractivity contribution in [2.24, 2.45) is 5.92 Å². The van der Waals surface area contributed by atoms with Gasteiger partial charge in [-0.15, -0.1) is 0 Å². The standard InChI is InChI=1S/C29H32FN3O2/c30-27-12-4-2-8-24(27)21-31-15-6-16-32(20-19-31)28(34)23-13-17-33(18-14-23)29(35)26-11-5-9-22-7-1-3-10-25(22)26/h1-5,7-12,23H,6,13-21H2. The Labute approximate surface area is 206 Å². The van der Waals surface area contributed by atoms with Gasteiger partial charge < -0.3 is 9.80 Å². The van der Waals surface area contributed by atoms with Crippen LogP contribution in [0.3, 0.4) is 0 Å². The van der Waals surface area contributed by atoms with Crippen molar-refractivity contribution in [1.82, 2.24) is 14.7 Å². The van der Waals surface area contributed by atoms with Crippen LogP contribution in [0.15, 0.2) is 66.7 Å². The number of hydrogen-bond donors (Lipinski definition) is 0. The number of nitrogens with zero attached hydrogens (tertiary/aromatic N) is 3. The third-order valence-electron chi connectivity index (χ3n) is 7.40. The van der Waals surface area contributed by atoms with Gasteiger partial charge in [0.2, 0.25) is 5.91 Å². The summed E-state index contributed by atoms with van der Waals surface area (Å²) in [5.74, 6) is 0.0421. The fourth-order valence-electron chi connectivity index (χ4n) is 5.39. The molecule has 2 saturated heterocycles. The number of amides is 2. The van der Waals surface area contributed by atoms with E-state index in [1.165, 1.54) is 6.07 Å². The van der Waals surface area contributed by atoms with Gasteiger partial charge in [-0.25, -0.2) is 4.39 Å². The van der Waals surface area contributed by atoms with Crippen LogP contribution < -0.4 is 0 Å². The van der Waals surface area contributed by atoms with E-state index in [0.717, 1.165) is 42.4 Å². The second kappa shape index (κ2) is 10.6. The molecule has 2 aliphatic heterocycles. The molecule has 182 valence electrons. The summed E-state index contributed by atoms with van der Waals surface area (Å²) in [5, 5.41) is 2.04. The van der Waals surface area contributed by atoms with Gasteiger partial charge in [0.25, 0.3) is 5.91 Å². The molecule has 0 aromatic heterocycles. The van der Waals surface area contributed by atoms with Crippen LogP contribution in [-0.4, -0.2) is 65.8 Å². The third kappa shape index (κ3) is 5.22. The molecule has 0 unspecified atom stereocenters. The molecule has 0 radical (unpaired) electrons. The molecule has 5 rings (SSSR count). The second-order valence-electron chi connectivity index (χ2n) is 9.64. The van der Waals surface area contributed by atoms with Gasteiger partial charge in [0.1, 0.15) is 5.82 Å². The van der Waals surface area contributed by atoms with Crippen LogP contribution >= 0.6 is 0 Å². The highest BCUT2D eigenvalue weighted by atomic mass is 19.1. The predicted molar refractivity (Wildman–Crippen MR) is 135 cm³/mol. The first kappa shape index (κ1) is 23.5. The first-order chi connectivity index (χ1) is 17.1. The average molecular weight is 474 g/mol. The van der Waals surface area contributed by atoms with Gasteiger partial charge in [0, 0.05) is 62.9 Å². The molecule has 0 spiro atoms. The summed E-state index contributed by atoms with van der Waals surface area (Å²) in [6, 6.07) is 20.7. The van der Waals surface area contributed by atoms with Crippen molar-refractivity contribution in [2.45, 2.75) is 25.8 Å². The van der Waals surface area contributed by atoms with Gasteiger partial charge >= 0.3 is 0 Å². The van der Waals surface area contributed by atoms with Crippen molar-refractivity contribution < 1.29 is 14.0 Å². The van der Waals surface area contributed by atoms with Gasteiger partial charge in [0.05, 0.1) is 0 Å². The van der Waals surface area contributed by atoms with E-state index in [0.29, 0.717) is 44.6 Å². The maximum absolute atomic E-state index is 14.0. The van der Waals surface area contributed by atoms with Crippen LogP contribution in [0.5, 0.6) is 0 Å². The minimum Gasteiger partial charge on any atom is -0.341 e. The van der Waals surface area contributed by atoms with E-state index < -0.39 is 0 Å². The zero-order valence-electron chi connectivity index (χ0n) is 20.0. The monoisotopic (exact) mass is 473 g/mol. The molecule has 0 aliphatic carbocycles. The van der Waals surface area contributed by atoms with Crippen molar-refractivity contribution >= 4 is 22.6 Å². The number of likely N-dealkylation sites (tertiary alicyclic amines) is 1. The number of rotatable bonds is 4. The molecule has 5 nitrogen and oxygen atoms in total. The van der Waals surface area contributed by atoms with Crippen molar-refractivity contribution in [3.63, 3.8) is 0 Å². The largest absolute Gasteiger partial charge is 0.341 e. The van der Waals surface area contributed by atoms with Crippen molar-refractivity contribution in [2.75, 3.05) is 39.3 Å². The predicted octanol–water partition coefficient (Wildman–Crippen LogP) is 4.57. The number of piperidine rings is 1. The molecule has 3 aromatic carbocycles. The van der Waals surface area contributed by atoms with Gasteiger partial charge in [-0.2, -0.15) is 0 Å². The second-order valence-corrected chi connectivity index (χ2v) is 9.64. The first-order valence-electron chi connectivity index (χ1n) is 12.6. The molecule has 2 fully saturated rings. The number of fused-ring (bicyclic) bond motifs is 1. The Kier molecular flexibility index (Phi) is 7.09. The number of carbonyl (C=O) groups is 2. The highest BCUT2D eigenvalue weighted by Crippen LogP contribution is 2.25. The van der Waals surface area contributed by atoms with Gasteiger partial charge in [-0.3, -0.25) is 14.5 Å². The molecule has 3 aromatic rings. The van der Waals surface area contributed by atoms with E-state index >= 15 is 0 Å². The van der Waals surface area contributed by atoms with Crippen LogP contribution in [0.4, 0.5) is 4.39 Å². The quantitative estimate of drug-likeness (QED) is 0.558. The van der Waals surface area contributed by atoms with Crippen molar-refractivity contribution in [1.29, 1.82) is 0 Å². The Hall–Kier alpha value is -3.25. The van der Waals surface area contributed by atoms with Gasteiger partial charge in [-0.1, -0.05) is 54.6 Å². The number of hydrogen-bond acceptors (Lipinski definition) is 3. The number of halogens is 1. The highest BCUT2D eigenvalue weighted by Gasteiger charge is 2.31. The highest BCUT2D eigenvalue weighted by molar-refractivity contribution is 6.07. The molecule has 2 heterocycles. The Morgan fingerprint density at radius 3 is 2.34 bits per heavy atom. The maximum atomic E-state index is 14.0. The summed E-state index contributed by atoms with van der Waals surface area (Å²) >= 11 is 0. The molecule has 2 aliphatic rings. The van der Waals surface area contributed by atoms with Gasteiger partial charge in [0.15, 0.2) is 0 Å². The smallest absolute Gasteiger partial charge is 0.254 e. The molecule has 2 amide bonds. The van der Waals surface area contributed by atoms with E-state index in [4.69, 9.17) is 0 Å². The topological polar surface area (TPSA) is 43.9 Å². The molecule has 0 saturated carbocycles. The van der Waals surface area contributed by atoms with E-state index in [1.54, 1.807) is 6.07 Å². The lowest BCUT2D eigenvalue weighted by Gasteiger charge is -2.34. The van der Waals surface area contributed by atoms with Crippen molar-refractivity contribution in [3.8, 4) is 0 Å². The van der Waals surface area contributed by atoms with E-state index in [-0.39, 0.29) is 23.5 Å². The van der Waals surface area contributed by atoms with Crippen LogP contribution in [0.25, 0.3) is 10.8 Å². The fourth-order valence-corrected chi connectivity index (χ4v) is 5.39. The average Bonchev–Trinajstić information content (AvgIpc) is 3.14. The summed E-state index contributed by atoms with van der Waals surface area (Å²) in [6.45, 7) is 4.79. The van der Waals surface area contributed by atoms with Crippen LogP contribution in [0.1, 0.15) is 35.2 Å². The lowest BCUT2D eigenvalue weighted by Crippen LogP contribution is -2.45. The molecular weight excluding hydrogens is 441 g/mol. The zero-order valence-corrected chi connectivity index (χ0v) is 20.0. The van der Waals surface area contributed by atoms with Crippen molar-refractivity contribution in [3.05, 3.63) is 83.7 Å². The molecule has 0 atom stereocenters.